The molecule has 0 saturated carbocycles. The van der Waals surface area contributed by atoms with Crippen LogP contribution in [0.2, 0.25) is 0 Å². The standard InChI is InChI=1S/C21H27N5O3/c1-14(2)19(27)22-16-8-7-11-25(13-16)21(29)20(28)23-18-12-15(3)24-26(18)17-9-5-4-6-10-17/h4-6,9-10,12,14,16H,7-8,11,13H2,1-3H3,(H,22,27)(H,23,28)/t16-/m0/s1. The molecule has 0 aliphatic carbocycles. The third kappa shape index (κ3) is 5.01. The zero-order valence-corrected chi connectivity index (χ0v) is 17.0. The van der Waals surface area contributed by atoms with E-state index in [1.54, 1.807) is 10.7 Å². The van der Waals surface area contributed by atoms with E-state index in [2.05, 4.69) is 15.7 Å². The topological polar surface area (TPSA) is 96.3 Å². The van der Waals surface area contributed by atoms with Crippen LogP contribution in [0.4, 0.5) is 5.82 Å². The lowest BCUT2D eigenvalue weighted by molar-refractivity contribution is -0.144. The number of likely N-dealkylation sites (tertiary alicyclic amines) is 1. The number of rotatable bonds is 4. The van der Waals surface area contributed by atoms with Gasteiger partial charge < -0.3 is 15.5 Å². The van der Waals surface area contributed by atoms with Crippen LogP contribution in [0.3, 0.4) is 0 Å². The van der Waals surface area contributed by atoms with Crippen LogP contribution in [0, 0.1) is 12.8 Å². The molecular weight excluding hydrogens is 370 g/mol. The average Bonchev–Trinajstić information content (AvgIpc) is 3.08. The maximum Gasteiger partial charge on any atom is 0.315 e. The highest BCUT2D eigenvalue weighted by Crippen LogP contribution is 2.18. The molecule has 3 amide bonds. The molecule has 0 spiro atoms. The molecule has 8 heteroatoms. The van der Waals surface area contributed by atoms with Gasteiger partial charge >= 0.3 is 11.8 Å². The largest absolute Gasteiger partial charge is 0.351 e. The van der Waals surface area contributed by atoms with Gasteiger partial charge in [0.15, 0.2) is 0 Å². The molecule has 2 N–H and O–H groups in total. The zero-order chi connectivity index (χ0) is 21.0. The third-order valence-corrected chi connectivity index (χ3v) is 4.85. The van der Waals surface area contributed by atoms with E-state index in [-0.39, 0.29) is 17.9 Å². The van der Waals surface area contributed by atoms with Crippen LogP contribution < -0.4 is 10.6 Å². The first-order valence-corrected chi connectivity index (χ1v) is 9.88. The van der Waals surface area contributed by atoms with Crippen molar-refractivity contribution in [3.8, 4) is 5.69 Å². The number of carbonyl (C=O) groups excluding carboxylic acids is 3. The number of nitrogens with zero attached hydrogens (tertiary/aromatic N) is 3. The molecule has 1 aromatic carbocycles. The Morgan fingerprint density at radius 1 is 1.17 bits per heavy atom. The summed E-state index contributed by atoms with van der Waals surface area (Å²) in [5.41, 5.74) is 1.52. The van der Waals surface area contributed by atoms with Gasteiger partial charge in [0.2, 0.25) is 5.91 Å². The first-order valence-electron chi connectivity index (χ1n) is 9.88. The van der Waals surface area contributed by atoms with Crippen LogP contribution in [0.5, 0.6) is 0 Å². The van der Waals surface area contributed by atoms with E-state index in [1.807, 2.05) is 51.1 Å². The Labute approximate surface area is 170 Å². The van der Waals surface area contributed by atoms with Gasteiger partial charge in [-0.3, -0.25) is 14.4 Å². The van der Waals surface area contributed by atoms with Crippen molar-refractivity contribution >= 4 is 23.5 Å². The van der Waals surface area contributed by atoms with E-state index >= 15 is 0 Å². The Morgan fingerprint density at radius 2 is 1.90 bits per heavy atom. The van der Waals surface area contributed by atoms with Gasteiger partial charge in [0, 0.05) is 31.1 Å². The van der Waals surface area contributed by atoms with Crippen molar-refractivity contribution in [2.24, 2.45) is 5.92 Å². The summed E-state index contributed by atoms with van der Waals surface area (Å²) in [6, 6.07) is 11.0. The molecule has 154 valence electrons. The van der Waals surface area contributed by atoms with E-state index in [0.717, 1.165) is 24.2 Å². The van der Waals surface area contributed by atoms with Crippen molar-refractivity contribution in [2.75, 3.05) is 18.4 Å². The minimum absolute atomic E-state index is 0.0454. The highest BCUT2D eigenvalue weighted by Gasteiger charge is 2.29. The predicted molar refractivity (Wildman–Crippen MR) is 110 cm³/mol. The molecule has 2 heterocycles. The Bertz CT molecular complexity index is 891. The molecule has 29 heavy (non-hydrogen) atoms. The average molecular weight is 397 g/mol. The first kappa shape index (κ1) is 20.6. The van der Waals surface area contributed by atoms with E-state index in [0.29, 0.717) is 18.9 Å². The molecule has 0 bridgehead atoms. The molecule has 0 radical (unpaired) electrons. The maximum atomic E-state index is 12.7. The van der Waals surface area contributed by atoms with Crippen molar-refractivity contribution in [2.45, 2.75) is 39.7 Å². The number of nitrogens with one attached hydrogen (secondary N) is 2. The van der Waals surface area contributed by atoms with E-state index < -0.39 is 11.8 Å². The van der Waals surface area contributed by atoms with E-state index in [4.69, 9.17) is 0 Å². The first-order chi connectivity index (χ1) is 13.8. The molecule has 1 saturated heterocycles. The Kier molecular flexibility index (Phi) is 6.31. The molecule has 0 unspecified atom stereocenters. The highest BCUT2D eigenvalue weighted by molar-refractivity contribution is 6.39. The number of carbonyl (C=O) groups is 3. The van der Waals surface area contributed by atoms with Gasteiger partial charge in [0.1, 0.15) is 5.82 Å². The van der Waals surface area contributed by atoms with E-state index in [1.165, 1.54) is 4.90 Å². The molecular formula is C21H27N5O3. The van der Waals surface area contributed by atoms with Gasteiger partial charge in [0.25, 0.3) is 0 Å². The summed E-state index contributed by atoms with van der Waals surface area (Å²) in [6.45, 7) is 6.31. The summed E-state index contributed by atoms with van der Waals surface area (Å²) in [5.74, 6) is -1.04. The SMILES string of the molecule is Cc1cc(NC(=O)C(=O)N2CCC[C@H](NC(=O)C(C)C)C2)n(-c2ccccc2)n1. The van der Waals surface area contributed by atoms with Crippen LogP contribution in [0.1, 0.15) is 32.4 Å². The minimum Gasteiger partial charge on any atom is -0.351 e. The minimum atomic E-state index is -0.710. The predicted octanol–water partition coefficient (Wildman–Crippen LogP) is 1.88. The molecule has 1 aromatic heterocycles. The Morgan fingerprint density at radius 3 is 2.59 bits per heavy atom. The number of benzene rings is 1. The lowest BCUT2D eigenvalue weighted by Crippen LogP contribution is -2.52. The van der Waals surface area contributed by atoms with Crippen LogP contribution in [-0.2, 0) is 14.4 Å². The Balaban J connectivity index is 1.67. The second-order valence-corrected chi connectivity index (χ2v) is 7.63. The molecule has 1 fully saturated rings. The molecule has 8 nitrogen and oxygen atoms in total. The summed E-state index contributed by atoms with van der Waals surface area (Å²) in [7, 11) is 0. The molecule has 1 aliphatic rings. The zero-order valence-electron chi connectivity index (χ0n) is 17.0. The fourth-order valence-corrected chi connectivity index (χ4v) is 3.32. The van der Waals surface area contributed by atoms with Gasteiger partial charge in [0.05, 0.1) is 11.4 Å². The number of hydrogen-bond donors (Lipinski definition) is 2. The number of aryl methyl sites for hydroxylation is 1. The van der Waals surface area contributed by atoms with Gasteiger partial charge in [-0.25, -0.2) is 4.68 Å². The number of piperidine rings is 1. The monoisotopic (exact) mass is 397 g/mol. The fraction of sp³-hybridized carbons (Fsp3) is 0.429. The van der Waals surface area contributed by atoms with Gasteiger partial charge in [-0.05, 0) is 31.9 Å². The molecule has 1 aliphatic heterocycles. The second kappa shape index (κ2) is 8.89. The second-order valence-electron chi connectivity index (χ2n) is 7.63. The number of amides is 3. The van der Waals surface area contributed by atoms with Crippen molar-refractivity contribution in [3.63, 3.8) is 0 Å². The number of aromatic nitrogens is 2. The lowest BCUT2D eigenvalue weighted by atomic mass is 10.0. The van der Waals surface area contributed by atoms with Crippen LogP contribution in [-0.4, -0.2) is 51.5 Å². The lowest BCUT2D eigenvalue weighted by Gasteiger charge is -2.33. The summed E-state index contributed by atoms with van der Waals surface area (Å²) in [5, 5.41) is 10.0. The van der Waals surface area contributed by atoms with Crippen molar-refractivity contribution < 1.29 is 14.4 Å². The van der Waals surface area contributed by atoms with Crippen molar-refractivity contribution in [3.05, 3.63) is 42.1 Å². The highest BCUT2D eigenvalue weighted by atomic mass is 16.2. The van der Waals surface area contributed by atoms with E-state index in [9.17, 15) is 14.4 Å². The molecule has 2 aromatic rings. The molecule has 3 rings (SSSR count). The fourth-order valence-electron chi connectivity index (χ4n) is 3.32. The van der Waals surface area contributed by atoms with Gasteiger partial charge in [-0.1, -0.05) is 32.0 Å². The third-order valence-electron chi connectivity index (χ3n) is 4.85. The smallest absolute Gasteiger partial charge is 0.315 e. The molecule has 1 atom stereocenters. The Hall–Kier alpha value is -3.16. The van der Waals surface area contributed by atoms with Crippen LogP contribution in [0.25, 0.3) is 5.69 Å². The maximum absolute atomic E-state index is 12.7. The van der Waals surface area contributed by atoms with Gasteiger partial charge in [-0.15, -0.1) is 0 Å². The van der Waals surface area contributed by atoms with Crippen molar-refractivity contribution in [1.82, 2.24) is 20.0 Å². The number of anilines is 1. The number of hydrogen-bond acceptors (Lipinski definition) is 4. The van der Waals surface area contributed by atoms with Crippen LogP contribution in [0.15, 0.2) is 36.4 Å². The van der Waals surface area contributed by atoms with Gasteiger partial charge in [-0.2, -0.15) is 5.10 Å². The summed E-state index contributed by atoms with van der Waals surface area (Å²) >= 11 is 0. The summed E-state index contributed by atoms with van der Waals surface area (Å²) in [4.78, 5) is 38.7. The number of para-hydroxylation sites is 1. The van der Waals surface area contributed by atoms with Crippen LogP contribution >= 0.6 is 0 Å². The summed E-state index contributed by atoms with van der Waals surface area (Å²) in [6.07, 6.45) is 1.53. The quantitative estimate of drug-likeness (QED) is 0.770. The summed E-state index contributed by atoms with van der Waals surface area (Å²) < 4.78 is 1.60. The van der Waals surface area contributed by atoms with Crippen molar-refractivity contribution in [1.29, 1.82) is 0 Å². The normalized spacial score (nSPS) is 16.6.